The quantitative estimate of drug-likeness (QED) is 0.868. The topological polar surface area (TPSA) is 33.1 Å². The fourth-order valence-electron chi connectivity index (χ4n) is 3.24. The van der Waals surface area contributed by atoms with Crippen LogP contribution >= 0.6 is 0 Å². The molecule has 0 aromatic carbocycles. The van der Waals surface area contributed by atoms with Crippen molar-refractivity contribution < 1.29 is 0 Å². The summed E-state index contributed by atoms with van der Waals surface area (Å²) in [7, 11) is 4.31. The van der Waals surface area contributed by atoms with E-state index in [2.05, 4.69) is 53.9 Å². The number of nitrogens with zero attached hydrogens (tertiary/aromatic N) is 3. The largest absolute Gasteiger partial charge is 0.329 e. The molecule has 2 atom stereocenters. The second kappa shape index (κ2) is 7.23. The maximum Gasteiger partial charge on any atom is 0.0951 e. The number of rotatable bonds is 6. The lowest BCUT2D eigenvalue weighted by molar-refractivity contribution is 0.276. The van der Waals surface area contributed by atoms with Gasteiger partial charge in [-0.25, -0.2) is 4.98 Å². The molecule has 0 saturated carbocycles. The van der Waals surface area contributed by atoms with E-state index >= 15 is 0 Å². The third-order valence-corrected chi connectivity index (χ3v) is 4.08. The van der Waals surface area contributed by atoms with Gasteiger partial charge in [-0.15, -0.1) is 0 Å². The molecule has 1 saturated heterocycles. The Bertz CT molecular complexity index is 381. The number of nitrogens with one attached hydrogen (secondary N) is 1. The zero-order valence-corrected chi connectivity index (χ0v) is 13.5. The van der Waals surface area contributed by atoms with Crippen LogP contribution in [0.15, 0.2) is 12.5 Å². The van der Waals surface area contributed by atoms with Crippen LogP contribution in [0.4, 0.5) is 0 Å². The molecule has 0 aliphatic carbocycles. The molecule has 0 bridgehead atoms. The average Bonchev–Trinajstić information content (AvgIpc) is 2.87. The van der Waals surface area contributed by atoms with Gasteiger partial charge in [0.25, 0.3) is 0 Å². The summed E-state index contributed by atoms with van der Waals surface area (Å²) < 4.78 is 2.42. The van der Waals surface area contributed by atoms with E-state index in [0.29, 0.717) is 18.0 Å². The molecular weight excluding hydrogens is 248 g/mol. The van der Waals surface area contributed by atoms with Crippen molar-refractivity contribution in [3.63, 3.8) is 0 Å². The van der Waals surface area contributed by atoms with Crippen molar-refractivity contribution in [3.05, 3.63) is 18.2 Å². The normalized spacial score (nSPS) is 21.6. The van der Waals surface area contributed by atoms with Crippen molar-refractivity contribution >= 4 is 0 Å². The Kier molecular flexibility index (Phi) is 5.61. The minimum Gasteiger partial charge on any atom is -0.329 e. The first-order valence-electron chi connectivity index (χ1n) is 7.97. The maximum atomic E-state index is 4.44. The van der Waals surface area contributed by atoms with E-state index in [1.165, 1.54) is 31.4 Å². The highest BCUT2D eigenvalue weighted by molar-refractivity contribution is 5.08. The summed E-state index contributed by atoms with van der Waals surface area (Å²) in [5.41, 5.74) is 1.37. The van der Waals surface area contributed by atoms with Crippen molar-refractivity contribution in [2.45, 2.75) is 51.6 Å². The lowest BCUT2D eigenvalue weighted by Crippen LogP contribution is -2.32. The lowest BCUT2D eigenvalue weighted by Gasteiger charge is -2.30. The van der Waals surface area contributed by atoms with Crippen molar-refractivity contribution in [2.75, 3.05) is 27.2 Å². The number of hydrogen-bond donors (Lipinski definition) is 1. The van der Waals surface area contributed by atoms with Gasteiger partial charge in [-0.2, -0.15) is 0 Å². The van der Waals surface area contributed by atoms with Crippen LogP contribution in [-0.2, 0) is 0 Å². The molecule has 2 heterocycles. The van der Waals surface area contributed by atoms with E-state index in [-0.39, 0.29) is 0 Å². The number of hydrogen-bond acceptors (Lipinski definition) is 3. The van der Waals surface area contributed by atoms with E-state index in [1.54, 1.807) is 0 Å². The van der Waals surface area contributed by atoms with E-state index in [1.807, 2.05) is 6.33 Å². The van der Waals surface area contributed by atoms with E-state index < -0.39 is 0 Å². The minimum absolute atomic E-state index is 0.489. The first-order valence-corrected chi connectivity index (χ1v) is 7.97. The number of piperidine rings is 1. The molecule has 0 radical (unpaired) electrons. The van der Waals surface area contributed by atoms with Crippen LogP contribution < -0.4 is 5.32 Å². The summed E-state index contributed by atoms with van der Waals surface area (Å²) in [5.74, 6) is 0.703. The molecular formula is C16H30N4. The molecule has 1 aromatic rings. The molecule has 0 amide bonds. The van der Waals surface area contributed by atoms with Gasteiger partial charge in [-0.05, 0) is 45.8 Å². The first-order chi connectivity index (χ1) is 9.58. The predicted octanol–water partition coefficient (Wildman–Crippen LogP) is 2.85. The maximum absolute atomic E-state index is 4.44. The van der Waals surface area contributed by atoms with Crippen LogP contribution in [0.1, 0.15) is 57.3 Å². The highest BCUT2D eigenvalue weighted by Crippen LogP contribution is 2.27. The summed E-state index contributed by atoms with van der Waals surface area (Å²) in [4.78, 5) is 6.72. The Morgan fingerprint density at radius 1 is 1.40 bits per heavy atom. The lowest BCUT2D eigenvalue weighted by atomic mass is 9.99. The number of likely N-dealkylation sites (N-methyl/N-ethyl adjacent to an activating group) is 1. The van der Waals surface area contributed by atoms with Gasteiger partial charge in [0.05, 0.1) is 12.0 Å². The van der Waals surface area contributed by atoms with Gasteiger partial charge in [0.2, 0.25) is 0 Å². The van der Waals surface area contributed by atoms with Crippen LogP contribution in [0, 0.1) is 5.92 Å². The van der Waals surface area contributed by atoms with Crippen molar-refractivity contribution in [1.29, 1.82) is 0 Å². The molecule has 114 valence electrons. The molecule has 1 fully saturated rings. The molecule has 1 aliphatic heterocycles. The van der Waals surface area contributed by atoms with E-state index in [4.69, 9.17) is 0 Å². The summed E-state index contributed by atoms with van der Waals surface area (Å²) in [6.07, 6.45) is 9.16. The molecule has 4 heteroatoms. The monoisotopic (exact) mass is 278 g/mol. The van der Waals surface area contributed by atoms with Crippen LogP contribution in [0.5, 0.6) is 0 Å². The van der Waals surface area contributed by atoms with E-state index in [9.17, 15) is 0 Å². The van der Waals surface area contributed by atoms with Gasteiger partial charge < -0.3 is 14.8 Å². The Morgan fingerprint density at radius 3 is 2.80 bits per heavy atom. The van der Waals surface area contributed by atoms with Crippen LogP contribution in [0.2, 0.25) is 0 Å². The van der Waals surface area contributed by atoms with Gasteiger partial charge in [0.1, 0.15) is 0 Å². The molecule has 2 unspecified atom stereocenters. The van der Waals surface area contributed by atoms with Crippen molar-refractivity contribution in [3.8, 4) is 0 Å². The highest BCUT2D eigenvalue weighted by Gasteiger charge is 2.23. The smallest absolute Gasteiger partial charge is 0.0951 e. The third kappa shape index (κ3) is 4.06. The Labute approximate surface area is 123 Å². The van der Waals surface area contributed by atoms with Crippen LogP contribution in [-0.4, -0.2) is 41.6 Å². The van der Waals surface area contributed by atoms with Gasteiger partial charge >= 0.3 is 0 Å². The molecule has 1 N–H and O–H groups in total. The third-order valence-electron chi connectivity index (χ3n) is 4.08. The minimum atomic E-state index is 0.489. The Hall–Kier alpha value is -0.870. The summed E-state index contributed by atoms with van der Waals surface area (Å²) in [5, 5.41) is 3.65. The van der Waals surface area contributed by atoms with E-state index in [0.717, 1.165) is 13.1 Å². The molecule has 1 aromatic heterocycles. The molecule has 0 spiro atoms. The second-order valence-corrected chi connectivity index (χ2v) is 6.77. The van der Waals surface area contributed by atoms with Gasteiger partial charge in [0.15, 0.2) is 0 Å². The molecule has 1 aliphatic rings. The summed E-state index contributed by atoms with van der Waals surface area (Å²) in [6, 6.07) is 1.01. The SMILES string of the molecule is CC(C)CC(CN(C)C)n1cncc1C1CCCCN1. The molecule has 20 heavy (non-hydrogen) atoms. The van der Waals surface area contributed by atoms with Crippen LogP contribution in [0.3, 0.4) is 0 Å². The average molecular weight is 278 g/mol. The molecule has 4 nitrogen and oxygen atoms in total. The molecule has 2 rings (SSSR count). The number of aromatic nitrogens is 2. The van der Waals surface area contributed by atoms with Crippen LogP contribution in [0.25, 0.3) is 0 Å². The first kappa shape index (κ1) is 15.5. The predicted molar refractivity (Wildman–Crippen MR) is 83.9 cm³/mol. The highest BCUT2D eigenvalue weighted by atomic mass is 15.2. The Balaban J connectivity index is 2.17. The number of imidazole rings is 1. The standard InChI is InChI=1S/C16H30N4/c1-13(2)9-14(11-19(3)4)20-12-17-10-16(20)15-7-5-6-8-18-15/h10,12-15,18H,5-9,11H2,1-4H3. The summed E-state index contributed by atoms with van der Waals surface area (Å²) >= 11 is 0. The zero-order valence-electron chi connectivity index (χ0n) is 13.5. The second-order valence-electron chi connectivity index (χ2n) is 6.77. The van der Waals surface area contributed by atoms with Gasteiger partial charge in [-0.3, -0.25) is 0 Å². The zero-order chi connectivity index (χ0) is 14.5. The summed E-state index contributed by atoms with van der Waals surface area (Å²) in [6.45, 7) is 6.82. The van der Waals surface area contributed by atoms with Crippen molar-refractivity contribution in [1.82, 2.24) is 19.8 Å². The van der Waals surface area contributed by atoms with Gasteiger partial charge in [0, 0.05) is 24.8 Å². The van der Waals surface area contributed by atoms with Gasteiger partial charge in [-0.1, -0.05) is 20.3 Å². The fourth-order valence-corrected chi connectivity index (χ4v) is 3.24. The Morgan fingerprint density at radius 2 is 2.20 bits per heavy atom. The van der Waals surface area contributed by atoms with Crippen molar-refractivity contribution in [2.24, 2.45) is 5.92 Å². The fraction of sp³-hybridized carbons (Fsp3) is 0.812.